The van der Waals surface area contributed by atoms with Gasteiger partial charge in [-0.1, -0.05) is 23.8 Å². The topological polar surface area (TPSA) is 73.9 Å². The molecule has 0 aliphatic carbocycles. The Morgan fingerprint density at radius 3 is 2.36 bits per heavy atom. The summed E-state index contributed by atoms with van der Waals surface area (Å²) in [5, 5.41) is 2.77. The summed E-state index contributed by atoms with van der Waals surface area (Å²) in [6.07, 6.45) is 1.92. The average molecular weight is 383 g/mol. The number of amides is 1. The molecule has 0 radical (unpaired) electrons. The third-order valence-electron chi connectivity index (χ3n) is 4.12. The Hall–Kier alpha value is -3.28. The number of esters is 1. The molecule has 1 atom stereocenters. The standard InChI is InChI=1S/C22H25NO5/c1-14-6-9-18(15(2)12-14)23-22(25)16(3)28-21(24)11-8-17-7-10-19(26-4)20(13-17)27-5/h6-13,16H,1-5H3,(H,23,25)/b11-8+/t16-/m1/s1. The van der Waals surface area contributed by atoms with Crippen LogP contribution < -0.4 is 14.8 Å². The van der Waals surface area contributed by atoms with Crippen LogP contribution in [-0.2, 0) is 14.3 Å². The maximum Gasteiger partial charge on any atom is 0.331 e. The molecule has 2 rings (SSSR count). The molecule has 0 saturated carbocycles. The predicted molar refractivity (Wildman–Crippen MR) is 109 cm³/mol. The van der Waals surface area contributed by atoms with E-state index in [9.17, 15) is 9.59 Å². The number of anilines is 1. The molecule has 0 fully saturated rings. The molecule has 2 aromatic rings. The number of methoxy groups -OCH3 is 2. The van der Waals surface area contributed by atoms with Crippen LogP contribution >= 0.6 is 0 Å². The zero-order valence-corrected chi connectivity index (χ0v) is 16.7. The van der Waals surface area contributed by atoms with Crippen molar-refractivity contribution in [1.29, 1.82) is 0 Å². The maximum absolute atomic E-state index is 12.3. The third-order valence-corrected chi connectivity index (χ3v) is 4.12. The highest BCUT2D eigenvalue weighted by Gasteiger charge is 2.17. The Balaban J connectivity index is 1.96. The van der Waals surface area contributed by atoms with Crippen LogP contribution in [0.5, 0.6) is 11.5 Å². The molecule has 6 heteroatoms. The van der Waals surface area contributed by atoms with Gasteiger partial charge in [-0.3, -0.25) is 4.79 Å². The largest absolute Gasteiger partial charge is 0.493 e. The first-order valence-corrected chi connectivity index (χ1v) is 8.83. The second-order valence-corrected chi connectivity index (χ2v) is 6.33. The number of carbonyl (C=O) groups is 2. The molecular formula is C22H25NO5. The van der Waals surface area contributed by atoms with Crippen molar-refractivity contribution in [2.75, 3.05) is 19.5 Å². The Morgan fingerprint density at radius 1 is 1.00 bits per heavy atom. The molecule has 28 heavy (non-hydrogen) atoms. The number of carbonyl (C=O) groups excluding carboxylic acids is 2. The third kappa shape index (κ3) is 5.61. The number of nitrogens with one attached hydrogen (secondary N) is 1. The van der Waals surface area contributed by atoms with Crippen LogP contribution in [0.1, 0.15) is 23.6 Å². The molecule has 0 unspecified atom stereocenters. The zero-order chi connectivity index (χ0) is 20.7. The van der Waals surface area contributed by atoms with E-state index in [4.69, 9.17) is 14.2 Å². The fourth-order valence-electron chi connectivity index (χ4n) is 2.58. The smallest absolute Gasteiger partial charge is 0.331 e. The van der Waals surface area contributed by atoms with E-state index < -0.39 is 12.1 Å². The molecule has 0 heterocycles. The summed E-state index contributed by atoms with van der Waals surface area (Å²) in [5.41, 5.74) is 3.48. The van der Waals surface area contributed by atoms with E-state index in [0.717, 1.165) is 16.7 Å². The Bertz CT molecular complexity index is 888. The van der Waals surface area contributed by atoms with Crippen LogP contribution in [0.15, 0.2) is 42.5 Å². The SMILES string of the molecule is COc1ccc(/C=C/C(=O)O[C@H](C)C(=O)Nc2ccc(C)cc2C)cc1OC. The summed E-state index contributed by atoms with van der Waals surface area (Å²) in [6.45, 7) is 5.42. The van der Waals surface area contributed by atoms with Gasteiger partial charge < -0.3 is 19.5 Å². The summed E-state index contributed by atoms with van der Waals surface area (Å²) in [5.74, 6) is 0.149. The van der Waals surface area contributed by atoms with Gasteiger partial charge in [0.25, 0.3) is 5.91 Å². The van der Waals surface area contributed by atoms with Gasteiger partial charge in [0, 0.05) is 11.8 Å². The summed E-state index contributed by atoms with van der Waals surface area (Å²) in [6, 6.07) is 11.0. The van der Waals surface area contributed by atoms with Crippen molar-refractivity contribution >= 4 is 23.6 Å². The van der Waals surface area contributed by atoms with Crippen molar-refractivity contribution < 1.29 is 23.8 Å². The van der Waals surface area contributed by atoms with Crippen molar-refractivity contribution in [3.63, 3.8) is 0 Å². The highest BCUT2D eigenvalue weighted by molar-refractivity contribution is 5.97. The molecule has 0 aliphatic rings. The van der Waals surface area contributed by atoms with Crippen molar-refractivity contribution in [2.45, 2.75) is 26.9 Å². The molecule has 1 N–H and O–H groups in total. The number of rotatable bonds is 7. The Kier molecular flexibility index (Phi) is 7.21. The summed E-state index contributed by atoms with van der Waals surface area (Å²) in [7, 11) is 3.09. The minimum absolute atomic E-state index is 0.389. The lowest BCUT2D eigenvalue weighted by molar-refractivity contribution is -0.148. The van der Waals surface area contributed by atoms with Gasteiger partial charge in [-0.2, -0.15) is 0 Å². The number of hydrogen-bond donors (Lipinski definition) is 1. The first kappa shape index (κ1) is 21.0. The molecule has 0 aromatic heterocycles. The molecule has 0 saturated heterocycles. The summed E-state index contributed by atoms with van der Waals surface area (Å²) >= 11 is 0. The van der Waals surface area contributed by atoms with Crippen molar-refractivity contribution in [1.82, 2.24) is 0 Å². The van der Waals surface area contributed by atoms with E-state index in [1.807, 2.05) is 32.0 Å². The molecule has 6 nitrogen and oxygen atoms in total. The fraction of sp³-hybridized carbons (Fsp3) is 0.273. The molecule has 0 bridgehead atoms. The average Bonchev–Trinajstić information content (AvgIpc) is 2.68. The monoisotopic (exact) mass is 383 g/mol. The highest BCUT2D eigenvalue weighted by atomic mass is 16.5. The number of ether oxygens (including phenoxy) is 3. The van der Waals surface area contributed by atoms with Gasteiger partial charge in [-0.05, 0) is 56.2 Å². The molecule has 148 valence electrons. The van der Waals surface area contributed by atoms with E-state index in [2.05, 4.69) is 5.32 Å². The van der Waals surface area contributed by atoms with E-state index >= 15 is 0 Å². The quantitative estimate of drug-likeness (QED) is 0.580. The van der Waals surface area contributed by atoms with Gasteiger partial charge in [0.1, 0.15) is 0 Å². The Morgan fingerprint density at radius 2 is 1.71 bits per heavy atom. The molecule has 0 aliphatic heterocycles. The van der Waals surface area contributed by atoms with Crippen LogP contribution in [0.25, 0.3) is 6.08 Å². The number of aryl methyl sites for hydroxylation is 2. The minimum atomic E-state index is -0.928. The normalized spacial score (nSPS) is 11.8. The highest BCUT2D eigenvalue weighted by Crippen LogP contribution is 2.28. The minimum Gasteiger partial charge on any atom is -0.493 e. The van der Waals surface area contributed by atoms with Gasteiger partial charge in [-0.15, -0.1) is 0 Å². The van der Waals surface area contributed by atoms with Gasteiger partial charge in [0.05, 0.1) is 14.2 Å². The lowest BCUT2D eigenvalue weighted by Gasteiger charge is -2.14. The van der Waals surface area contributed by atoms with E-state index in [1.54, 1.807) is 31.4 Å². The van der Waals surface area contributed by atoms with Gasteiger partial charge in [0.15, 0.2) is 17.6 Å². The van der Waals surface area contributed by atoms with Crippen molar-refractivity contribution in [3.8, 4) is 11.5 Å². The molecular weight excluding hydrogens is 358 g/mol. The number of benzene rings is 2. The first-order valence-electron chi connectivity index (χ1n) is 8.83. The van der Waals surface area contributed by atoms with Crippen LogP contribution in [0.3, 0.4) is 0 Å². The second-order valence-electron chi connectivity index (χ2n) is 6.33. The second kappa shape index (κ2) is 9.60. The summed E-state index contributed by atoms with van der Waals surface area (Å²) < 4.78 is 15.6. The van der Waals surface area contributed by atoms with Crippen LogP contribution in [-0.4, -0.2) is 32.2 Å². The van der Waals surface area contributed by atoms with Crippen molar-refractivity contribution in [3.05, 3.63) is 59.2 Å². The molecule has 1 amide bonds. The molecule has 0 spiro atoms. The van der Waals surface area contributed by atoms with Gasteiger partial charge in [-0.25, -0.2) is 4.79 Å². The lowest BCUT2D eigenvalue weighted by atomic mass is 10.1. The zero-order valence-electron chi connectivity index (χ0n) is 16.7. The van der Waals surface area contributed by atoms with E-state index in [-0.39, 0.29) is 5.91 Å². The van der Waals surface area contributed by atoms with Crippen LogP contribution in [0.4, 0.5) is 5.69 Å². The van der Waals surface area contributed by atoms with Gasteiger partial charge in [0.2, 0.25) is 0 Å². The summed E-state index contributed by atoms with van der Waals surface area (Å²) in [4.78, 5) is 24.3. The van der Waals surface area contributed by atoms with Gasteiger partial charge >= 0.3 is 5.97 Å². The Labute approximate surface area is 165 Å². The first-order chi connectivity index (χ1) is 13.3. The molecule has 2 aromatic carbocycles. The lowest BCUT2D eigenvalue weighted by Crippen LogP contribution is -2.29. The number of hydrogen-bond acceptors (Lipinski definition) is 5. The van der Waals surface area contributed by atoms with Crippen molar-refractivity contribution in [2.24, 2.45) is 0 Å². The maximum atomic E-state index is 12.3. The van der Waals surface area contributed by atoms with E-state index in [0.29, 0.717) is 17.2 Å². The predicted octanol–water partition coefficient (Wildman–Crippen LogP) is 3.90. The van der Waals surface area contributed by atoms with Crippen LogP contribution in [0.2, 0.25) is 0 Å². The fourth-order valence-corrected chi connectivity index (χ4v) is 2.58. The van der Waals surface area contributed by atoms with Crippen LogP contribution in [0, 0.1) is 13.8 Å². The van der Waals surface area contributed by atoms with E-state index in [1.165, 1.54) is 20.1 Å².